The summed E-state index contributed by atoms with van der Waals surface area (Å²) >= 11 is 0. The number of halogens is 1. The van der Waals surface area contributed by atoms with Gasteiger partial charge in [0.2, 0.25) is 0 Å². The van der Waals surface area contributed by atoms with Crippen LogP contribution in [0.3, 0.4) is 0 Å². The summed E-state index contributed by atoms with van der Waals surface area (Å²) in [5, 5.41) is 2.84. The van der Waals surface area contributed by atoms with Gasteiger partial charge in [-0.1, -0.05) is 19.4 Å². The van der Waals surface area contributed by atoms with E-state index in [0.717, 1.165) is 18.4 Å². The van der Waals surface area contributed by atoms with Crippen molar-refractivity contribution in [3.63, 3.8) is 0 Å². The Bertz CT molecular complexity index is 407. The van der Waals surface area contributed by atoms with Gasteiger partial charge in [-0.2, -0.15) is 0 Å². The lowest BCUT2D eigenvalue weighted by molar-refractivity contribution is 0.0945. The van der Waals surface area contributed by atoms with Crippen LogP contribution in [0.15, 0.2) is 18.2 Å². The molecular weight excluding hydrogens is 231 g/mol. The highest BCUT2D eigenvalue weighted by Gasteiger charge is 2.12. The Morgan fingerprint density at radius 2 is 2.22 bits per heavy atom. The third-order valence-electron chi connectivity index (χ3n) is 3.15. The molecule has 3 N–H and O–H groups in total. The van der Waals surface area contributed by atoms with Gasteiger partial charge in [-0.3, -0.25) is 4.79 Å². The van der Waals surface area contributed by atoms with Crippen molar-refractivity contribution in [1.29, 1.82) is 0 Å². The van der Waals surface area contributed by atoms with Crippen LogP contribution < -0.4 is 11.1 Å². The van der Waals surface area contributed by atoms with Crippen LogP contribution in [0.2, 0.25) is 0 Å². The fourth-order valence-corrected chi connectivity index (χ4v) is 1.86. The maximum atomic E-state index is 13.1. The molecule has 0 fully saturated rings. The van der Waals surface area contributed by atoms with E-state index in [-0.39, 0.29) is 11.7 Å². The Hall–Kier alpha value is -1.42. The lowest BCUT2D eigenvalue weighted by atomic mass is 10.0. The first kappa shape index (κ1) is 14.6. The molecule has 100 valence electrons. The van der Waals surface area contributed by atoms with Crippen molar-refractivity contribution < 1.29 is 9.18 Å². The molecule has 0 saturated heterocycles. The van der Waals surface area contributed by atoms with E-state index in [1.54, 1.807) is 13.0 Å². The number of nitrogens with one attached hydrogen (secondary N) is 1. The molecular formula is C14H21FN2O. The summed E-state index contributed by atoms with van der Waals surface area (Å²) in [4.78, 5) is 11.9. The van der Waals surface area contributed by atoms with Gasteiger partial charge in [0.05, 0.1) is 0 Å². The molecule has 0 radical (unpaired) electrons. The maximum Gasteiger partial charge on any atom is 0.251 e. The first-order valence-electron chi connectivity index (χ1n) is 6.32. The zero-order chi connectivity index (χ0) is 13.5. The van der Waals surface area contributed by atoms with Crippen LogP contribution in [0, 0.1) is 18.7 Å². The van der Waals surface area contributed by atoms with Gasteiger partial charge in [-0.25, -0.2) is 4.39 Å². The predicted molar refractivity (Wildman–Crippen MR) is 70.9 cm³/mol. The largest absolute Gasteiger partial charge is 0.352 e. The Labute approximate surface area is 108 Å². The second kappa shape index (κ2) is 7.11. The van der Waals surface area contributed by atoms with Gasteiger partial charge in [0.15, 0.2) is 0 Å². The van der Waals surface area contributed by atoms with Gasteiger partial charge >= 0.3 is 0 Å². The number of rotatable bonds is 6. The number of hydrogen-bond donors (Lipinski definition) is 2. The molecule has 0 saturated carbocycles. The molecule has 1 aromatic rings. The van der Waals surface area contributed by atoms with Gasteiger partial charge in [0, 0.05) is 12.1 Å². The van der Waals surface area contributed by atoms with Crippen LogP contribution >= 0.6 is 0 Å². The summed E-state index contributed by atoms with van der Waals surface area (Å²) in [5.41, 5.74) is 6.68. The van der Waals surface area contributed by atoms with Crippen molar-refractivity contribution in [1.82, 2.24) is 5.32 Å². The lowest BCUT2D eigenvalue weighted by Crippen LogP contribution is -2.30. The molecule has 18 heavy (non-hydrogen) atoms. The summed E-state index contributed by atoms with van der Waals surface area (Å²) < 4.78 is 13.1. The minimum Gasteiger partial charge on any atom is -0.352 e. The average molecular weight is 252 g/mol. The molecule has 0 spiro atoms. The molecule has 4 heteroatoms. The summed E-state index contributed by atoms with van der Waals surface area (Å²) in [6.07, 6.45) is 1.86. The number of nitrogens with two attached hydrogens (primary N) is 1. The Kier molecular flexibility index (Phi) is 5.78. The highest BCUT2D eigenvalue weighted by atomic mass is 19.1. The molecule has 0 bridgehead atoms. The maximum absolute atomic E-state index is 13.1. The standard InChI is InChI=1S/C14H21FN2O/c1-3-11(6-7-16)9-17-14(18)13-8-12(15)5-4-10(13)2/h4-5,8,11H,3,6-7,9,16H2,1-2H3,(H,17,18). The highest BCUT2D eigenvalue weighted by Crippen LogP contribution is 2.11. The van der Waals surface area contributed by atoms with Crippen molar-refractivity contribution in [3.05, 3.63) is 35.1 Å². The van der Waals surface area contributed by atoms with Crippen molar-refractivity contribution in [2.24, 2.45) is 11.7 Å². The van der Waals surface area contributed by atoms with Gasteiger partial charge < -0.3 is 11.1 Å². The molecule has 1 aromatic carbocycles. The van der Waals surface area contributed by atoms with Gasteiger partial charge in [0.1, 0.15) is 5.82 Å². The zero-order valence-corrected chi connectivity index (χ0v) is 11.0. The fourth-order valence-electron chi connectivity index (χ4n) is 1.86. The summed E-state index contributed by atoms with van der Waals surface area (Å²) in [6.45, 7) is 5.07. The minimum atomic E-state index is -0.389. The van der Waals surface area contributed by atoms with Crippen LogP contribution in [0.1, 0.15) is 35.7 Å². The van der Waals surface area contributed by atoms with E-state index in [9.17, 15) is 9.18 Å². The number of aryl methyl sites for hydroxylation is 1. The van der Waals surface area contributed by atoms with E-state index in [1.807, 2.05) is 0 Å². The first-order chi connectivity index (χ1) is 8.58. The van der Waals surface area contributed by atoms with Gasteiger partial charge in [-0.15, -0.1) is 0 Å². The van der Waals surface area contributed by atoms with Crippen molar-refractivity contribution >= 4 is 5.91 Å². The third kappa shape index (κ3) is 4.11. The van der Waals surface area contributed by atoms with Crippen LogP contribution in [-0.4, -0.2) is 19.0 Å². The summed E-state index contributed by atoms with van der Waals surface area (Å²) in [5.74, 6) is -0.227. The number of benzene rings is 1. The minimum absolute atomic E-state index is 0.220. The molecule has 0 aliphatic rings. The predicted octanol–water partition coefficient (Wildman–Crippen LogP) is 2.24. The van der Waals surface area contributed by atoms with Crippen LogP contribution in [0.25, 0.3) is 0 Å². The molecule has 1 atom stereocenters. The van der Waals surface area contributed by atoms with Crippen molar-refractivity contribution in [3.8, 4) is 0 Å². The second-order valence-corrected chi connectivity index (χ2v) is 4.52. The Morgan fingerprint density at radius 3 is 2.83 bits per heavy atom. The lowest BCUT2D eigenvalue weighted by Gasteiger charge is -2.15. The van der Waals surface area contributed by atoms with E-state index in [0.29, 0.717) is 24.6 Å². The van der Waals surface area contributed by atoms with E-state index < -0.39 is 0 Å². The summed E-state index contributed by atoms with van der Waals surface area (Å²) in [6, 6.07) is 4.24. The third-order valence-corrected chi connectivity index (χ3v) is 3.15. The van der Waals surface area contributed by atoms with Crippen LogP contribution in [0.5, 0.6) is 0 Å². The van der Waals surface area contributed by atoms with E-state index in [4.69, 9.17) is 5.73 Å². The monoisotopic (exact) mass is 252 g/mol. The topological polar surface area (TPSA) is 55.1 Å². The summed E-state index contributed by atoms with van der Waals surface area (Å²) in [7, 11) is 0. The van der Waals surface area contributed by atoms with Crippen molar-refractivity contribution in [2.45, 2.75) is 26.7 Å². The quantitative estimate of drug-likeness (QED) is 0.815. The number of carbonyl (C=O) groups is 1. The van der Waals surface area contributed by atoms with Crippen molar-refractivity contribution in [2.75, 3.05) is 13.1 Å². The normalized spacial score (nSPS) is 12.2. The van der Waals surface area contributed by atoms with Crippen LogP contribution in [0.4, 0.5) is 4.39 Å². The molecule has 0 aliphatic carbocycles. The first-order valence-corrected chi connectivity index (χ1v) is 6.32. The van der Waals surface area contributed by atoms with Gasteiger partial charge in [-0.05, 0) is 43.5 Å². The number of hydrogen-bond acceptors (Lipinski definition) is 2. The molecule has 0 aromatic heterocycles. The average Bonchev–Trinajstić information content (AvgIpc) is 2.37. The van der Waals surface area contributed by atoms with E-state index in [1.165, 1.54) is 12.1 Å². The molecule has 0 aliphatic heterocycles. The second-order valence-electron chi connectivity index (χ2n) is 4.52. The zero-order valence-electron chi connectivity index (χ0n) is 11.0. The number of amides is 1. The smallest absolute Gasteiger partial charge is 0.251 e. The fraction of sp³-hybridized carbons (Fsp3) is 0.500. The van der Waals surface area contributed by atoms with Gasteiger partial charge in [0.25, 0.3) is 5.91 Å². The Morgan fingerprint density at radius 1 is 1.50 bits per heavy atom. The molecule has 1 amide bonds. The van der Waals surface area contributed by atoms with E-state index in [2.05, 4.69) is 12.2 Å². The molecule has 1 rings (SSSR count). The van der Waals surface area contributed by atoms with Crippen LogP contribution in [-0.2, 0) is 0 Å². The SMILES string of the molecule is CCC(CCN)CNC(=O)c1cc(F)ccc1C. The molecule has 0 heterocycles. The van der Waals surface area contributed by atoms with E-state index >= 15 is 0 Å². The highest BCUT2D eigenvalue weighted by molar-refractivity contribution is 5.95. The number of carbonyl (C=O) groups excluding carboxylic acids is 1. The Balaban J connectivity index is 2.62. The molecule has 1 unspecified atom stereocenters. The molecule has 3 nitrogen and oxygen atoms in total.